The van der Waals surface area contributed by atoms with Crippen molar-refractivity contribution in [2.45, 2.75) is 6.18 Å². The summed E-state index contributed by atoms with van der Waals surface area (Å²) in [5.41, 5.74) is 0.146. The molecular formula is C21H22F3N4O2+. The zero-order chi connectivity index (χ0) is 21.6. The Hall–Kier alpha value is -3.36. The molecule has 0 radical (unpaired) electrons. The Morgan fingerprint density at radius 1 is 1.03 bits per heavy atom. The summed E-state index contributed by atoms with van der Waals surface area (Å²) < 4.78 is 38.0. The van der Waals surface area contributed by atoms with Crippen molar-refractivity contribution in [2.24, 2.45) is 0 Å². The van der Waals surface area contributed by atoms with Crippen LogP contribution in [-0.2, 0) is 15.8 Å². The number of benzene rings is 1. The Balaban J connectivity index is 1.44. The number of hydrogen-bond acceptors (Lipinski definition) is 3. The van der Waals surface area contributed by atoms with Crippen LogP contribution in [0.5, 0.6) is 0 Å². The van der Waals surface area contributed by atoms with Crippen molar-refractivity contribution in [2.75, 3.05) is 37.6 Å². The molecule has 0 atom stereocenters. The van der Waals surface area contributed by atoms with Crippen LogP contribution in [0, 0.1) is 0 Å². The number of aromatic amines is 1. The van der Waals surface area contributed by atoms with E-state index in [-0.39, 0.29) is 18.4 Å². The van der Waals surface area contributed by atoms with Gasteiger partial charge in [-0.05, 0) is 17.7 Å². The van der Waals surface area contributed by atoms with E-state index in [0.29, 0.717) is 32.0 Å². The SMILES string of the molecule is O=C(/C=C/c1ccccc1)NCC(=O)N1CCN(c2ccc(C(F)(F)F)c[nH+]2)CC1. The van der Waals surface area contributed by atoms with Crippen LogP contribution in [0.4, 0.5) is 19.0 Å². The summed E-state index contributed by atoms with van der Waals surface area (Å²) in [7, 11) is 0. The molecule has 0 aliphatic carbocycles. The van der Waals surface area contributed by atoms with Crippen LogP contribution in [0.1, 0.15) is 11.1 Å². The van der Waals surface area contributed by atoms with Crippen molar-refractivity contribution < 1.29 is 27.7 Å². The van der Waals surface area contributed by atoms with Gasteiger partial charge in [-0.3, -0.25) is 14.5 Å². The number of carbonyl (C=O) groups is 2. The predicted molar refractivity (Wildman–Crippen MR) is 105 cm³/mol. The largest absolute Gasteiger partial charge is 0.419 e. The Morgan fingerprint density at radius 3 is 2.33 bits per heavy atom. The molecule has 30 heavy (non-hydrogen) atoms. The quantitative estimate of drug-likeness (QED) is 0.754. The molecule has 0 spiro atoms. The number of rotatable bonds is 5. The number of aromatic nitrogens is 1. The molecule has 0 unspecified atom stereocenters. The standard InChI is InChI=1S/C21H21F3N4O2/c22-21(23,24)17-7-8-18(25-14-17)27-10-12-28(13-11-27)20(30)15-26-19(29)9-6-16-4-2-1-3-5-16/h1-9,14H,10-13,15H2,(H,26,29)/p+1/b9-6+. The zero-order valence-corrected chi connectivity index (χ0v) is 16.2. The lowest BCUT2D eigenvalue weighted by atomic mass is 10.2. The molecule has 1 saturated heterocycles. The highest BCUT2D eigenvalue weighted by Gasteiger charge is 2.33. The molecular weight excluding hydrogens is 397 g/mol. The maximum Gasteiger partial charge on any atom is 0.419 e. The van der Waals surface area contributed by atoms with Crippen molar-refractivity contribution in [1.29, 1.82) is 0 Å². The number of carbonyl (C=O) groups excluding carboxylic acids is 2. The second-order valence-electron chi connectivity index (χ2n) is 6.79. The Morgan fingerprint density at radius 2 is 1.73 bits per heavy atom. The lowest BCUT2D eigenvalue weighted by Crippen LogP contribution is -2.52. The summed E-state index contributed by atoms with van der Waals surface area (Å²) in [6.07, 6.45) is -0.410. The maximum absolute atomic E-state index is 12.7. The van der Waals surface area contributed by atoms with E-state index in [0.717, 1.165) is 17.8 Å². The third-order valence-corrected chi connectivity index (χ3v) is 4.74. The highest BCUT2D eigenvalue weighted by Crippen LogP contribution is 2.28. The number of amides is 2. The number of nitrogens with zero attached hydrogens (tertiary/aromatic N) is 2. The molecule has 1 aliphatic heterocycles. The highest BCUT2D eigenvalue weighted by atomic mass is 19.4. The Bertz CT molecular complexity index is 891. The molecule has 1 fully saturated rings. The Kier molecular flexibility index (Phi) is 6.71. The average molecular weight is 419 g/mol. The normalized spacial score (nSPS) is 14.8. The molecule has 1 aliphatic rings. The van der Waals surface area contributed by atoms with Crippen LogP contribution >= 0.6 is 0 Å². The fourth-order valence-corrected chi connectivity index (χ4v) is 3.06. The number of alkyl halides is 3. The molecule has 2 heterocycles. The van der Waals surface area contributed by atoms with Crippen LogP contribution in [0.3, 0.4) is 0 Å². The average Bonchev–Trinajstić information content (AvgIpc) is 2.76. The maximum atomic E-state index is 12.7. The van der Waals surface area contributed by atoms with E-state index in [1.807, 2.05) is 35.2 Å². The van der Waals surface area contributed by atoms with Crippen LogP contribution in [-0.4, -0.2) is 49.4 Å². The molecule has 2 N–H and O–H groups in total. The van der Waals surface area contributed by atoms with Gasteiger partial charge in [-0.1, -0.05) is 30.3 Å². The van der Waals surface area contributed by atoms with Gasteiger partial charge in [-0.15, -0.1) is 0 Å². The van der Waals surface area contributed by atoms with Gasteiger partial charge in [0.2, 0.25) is 11.8 Å². The molecule has 158 valence electrons. The first-order valence-electron chi connectivity index (χ1n) is 9.45. The minimum absolute atomic E-state index is 0.107. The lowest BCUT2D eigenvalue weighted by molar-refractivity contribution is -0.367. The molecule has 1 aromatic carbocycles. The number of pyridine rings is 1. The van der Waals surface area contributed by atoms with Gasteiger partial charge >= 0.3 is 6.18 Å². The van der Waals surface area contributed by atoms with E-state index in [2.05, 4.69) is 10.3 Å². The van der Waals surface area contributed by atoms with E-state index < -0.39 is 11.7 Å². The number of hydrogen-bond donors (Lipinski definition) is 1. The van der Waals surface area contributed by atoms with Gasteiger partial charge in [0.25, 0.3) is 5.82 Å². The molecule has 1 aromatic heterocycles. The number of piperazine rings is 1. The van der Waals surface area contributed by atoms with E-state index in [1.165, 1.54) is 12.1 Å². The summed E-state index contributed by atoms with van der Waals surface area (Å²) in [5, 5.41) is 2.57. The second-order valence-corrected chi connectivity index (χ2v) is 6.79. The first-order valence-corrected chi connectivity index (χ1v) is 9.45. The lowest BCUT2D eigenvalue weighted by Gasteiger charge is -2.31. The minimum atomic E-state index is -4.39. The summed E-state index contributed by atoms with van der Waals surface area (Å²) in [6, 6.07) is 11.8. The van der Waals surface area contributed by atoms with Gasteiger partial charge < -0.3 is 10.2 Å². The van der Waals surface area contributed by atoms with Gasteiger partial charge in [0.05, 0.1) is 25.2 Å². The van der Waals surface area contributed by atoms with Crippen LogP contribution < -0.4 is 15.2 Å². The van der Waals surface area contributed by atoms with E-state index >= 15 is 0 Å². The minimum Gasteiger partial charge on any atom is -0.343 e. The molecule has 2 aromatic rings. The Labute approximate surface area is 172 Å². The molecule has 2 amide bonds. The van der Waals surface area contributed by atoms with Crippen molar-refractivity contribution in [1.82, 2.24) is 10.2 Å². The zero-order valence-electron chi connectivity index (χ0n) is 16.2. The summed E-state index contributed by atoms with van der Waals surface area (Å²) in [4.78, 5) is 30.4. The monoisotopic (exact) mass is 419 g/mol. The number of nitrogens with one attached hydrogen (secondary N) is 2. The fraction of sp³-hybridized carbons (Fsp3) is 0.286. The summed E-state index contributed by atoms with van der Waals surface area (Å²) in [5.74, 6) is 0.00662. The smallest absolute Gasteiger partial charge is 0.343 e. The van der Waals surface area contributed by atoms with Crippen molar-refractivity contribution in [3.05, 3.63) is 65.9 Å². The molecule has 0 bridgehead atoms. The van der Waals surface area contributed by atoms with Crippen LogP contribution in [0.25, 0.3) is 6.08 Å². The molecule has 3 rings (SSSR count). The van der Waals surface area contributed by atoms with E-state index in [9.17, 15) is 22.8 Å². The van der Waals surface area contributed by atoms with Crippen molar-refractivity contribution >= 4 is 23.7 Å². The van der Waals surface area contributed by atoms with E-state index in [4.69, 9.17) is 0 Å². The van der Waals surface area contributed by atoms with Crippen LogP contribution in [0.2, 0.25) is 0 Å². The summed E-state index contributed by atoms with van der Waals surface area (Å²) in [6.45, 7) is 1.70. The highest BCUT2D eigenvalue weighted by molar-refractivity contribution is 5.94. The van der Waals surface area contributed by atoms with E-state index in [1.54, 1.807) is 11.0 Å². The number of halogens is 3. The van der Waals surface area contributed by atoms with Crippen molar-refractivity contribution in [3.8, 4) is 0 Å². The first kappa shape index (κ1) is 21.4. The first-order chi connectivity index (χ1) is 14.3. The fourth-order valence-electron chi connectivity index (χ4n) is 3.06. The van der Waals surface area contributed by atoms with Gasteiger partial charge in [0.15, 0.2) is 0 Å². The number of H-pyrrole nitrogens is 1. The molecule has 9 heteroatoms. The van der Waals surface area contributed by atoms with Crippen molar-refractivity contribution in [3.63, 3.8) is 0 Å². The van der Waals surface area contributed by atoms with Gasteiger partial charge in [-0.25, -0.2) is 4.98 Å². The van der Waals surface area contributed by atoms with Gasteiger partial charge in [0.1, 0.15) is 19.3 Å². The molecule has 0 saturated carbocycles. The van der Waals surface area contributed by atoms with Gasteiger partial charge in [0, 0.05) is 12.1 Å². The number of anilines is 1. The summed E-state index contributed by atoms with van der Waals surface area (Å²) >= 11 is 0. The second kappa shape index (κ2) is 9.43. The van der Waals surface area contributed by atoms with Crippen LogP contribution in [0.15, 0.2) is 54.7 Å². The van der Waals surface area contributed by atoms with Gasteiger partial charge in [-0.2, -0.15) is 13.2 Å². The third-order valence-electron chi connectivity index (χ3n) is 4.74. The predicted octanol–water partition coefficient (Wildman–Crippen LogP) is 2.00. The third kappa shape index (κ3) is 5.82. The molecule has 6 nitrogen and oxygen atoms in total. The topological polar surface area (TPSA) is 66.8 Å².